The molecule has 0 fully saturated rings. The summed E-state index contributed by atoms with van der Waals surface area (Å²) in [5.41, 5.74) is 3.62. The van der Waals surface area contributed by atoms with Crippen molar-refractivity contribution in [3.05, 3.63) is 116 Å². The van der Waals surface area contributed by atoms with Gasteiger partial charge in [-0.05, 0) is 20.3 Å². The molecule has 0 N–H and O–H groups in total. The molecule has 31 heavy (non-hydrogen) atoms. The van der Waals surface area contributed by atoms with Crippen LogP contribution in [0.5, 0.6) is 0 Å². The van der Waals surface area contributed by atoms with E-state index in [9.17, 15) is 0 Å². The van der Waals surface area contributed by atoms with E-state index in [4.69, 9.17) is 0 Å². The van der Waals surface area contributed by atoms with E-state index in [0.717, 1.165) is 28.5 Å². The second-order valence-corrected chi connectivity index (χ2v) is 7.14. The molecule has 0 saturated heterocycles. The zero-order chi connectivity index (χ0) is 23.1. The highest BCUT2D eigenvalue weighted by atomic mass is 79.9. The van der Waals surface area contributed by atoms with Crippen molar-refractivity contribution in [3.8, 4) is 11.4 Å². The van der Waals surface area contributed by atoms with Gasteiger partial charge in [0.25, 0.3) is 0 Å². The number of nitrogens with zero attached hydrogens (tertiary/aromatic N) is 3. The van der Waals surface area contributed by atoms with Crippen molar-refractivity contribution in [1.29, 1.82) is 0 Å². The molecule has 0 unspecified atom stereocenters. The molecule has 0 atom stereocenters. The molecule has 0 aliphatic rings. The van der Waals surface area contributed by atoms with Gasteiger partial charge < -0.3 is 0 Å². The summed E-state index contributed by atoms with van der Waals surface area (Å²) in [5, 5.41) is 0.846. The van der Waals surface area contributed by atoms with Crippen molar-refractivity contribution < 1.29 is 0 Å². The standard InChI is InChI=1S/C24H24BrN3.C3H6/c1-5-12-20(6-2)23-26-22(19(4)17-18(3)13-10-11-16-25)27-24(28-23)21-14-8-7-9-15-21;1-3-2/h5-12,14-15,17H,1-2,4,13,16H2,3H3;3H,1H2,2H3/b11-10-,18-17+,20-12+;. The van der Waals surface area contributed by atoms with Crippen LogP contribution in [-0.4, -0.2) is 20.3 Å². The zero-order valence-electron chi connectivity index (χ0n) is 18.4. The summed E-state index contributed by atoms with van der Waals surface area (Å²) in [6, 6.07) is 9.83. The third-order valence-electron chi connectivity index (χ3n) is 3.85. The summed E-state index contributed by atoms with van der Waals surface area (Å²) in [6.45, 7) is 19.1. The van der Waals surface area contributed by atoms with Crippen LogP contribution in [0.2, 0.25) is 0 Å². The normalized spacial score (nSPS) is 11.5. The fraction of sp³-hybridized carbons (Fsp3) is 0.148. The van der Waals surface area contributed by atoms with Gasteiger partial charge in [-0.3, -0.25) is 0 Å². The molecule has 0 radical (unpaired) electrons. The van der Waals surface area contributed by atoms with Crippen molar-refractivity contribution in [2.24, 2.45) is 0 Å². The first-order valence-electron chi connectivity index (χ1n) is 9.92. The van der Waals surface area contributed by atoms with Crippen LogP contribution in [0.4, 0.5) is 0 Å². The Morgan fingerprint density at radius 2 is 1.65 bits per heavy atom. The topological polar surface area (TPSA) is 38.7 Å². The largest absolute Gasteiger partial charge is 0.208 e. The van der Waals surface area contributed by atoms with Gasteiger partial charge in [0.1, 0.15) is 0 Å². The number of hydrogen-bond acceptors (Lipinski definition) is 3. The Morgan fingerprint density at radius 1 is 1.00 bits per heavy atom. The average Bonchev–Trinajstić information content (AvgIpc) is 2.78. The summed E-state index contributed by atoms with van der Waals surface area (Å²) in [4.78, 5) is 13.9. The maximum absolute atomic E-state index is 4.65. The molecule has 160 valence electrons. The van der Waals surface area contributed by atoms with Crippen LogP contribution in [-0.2, 0) is 0 Å². The highest BCUT2D eigenvalue weighted by molar-refractivity contribution is 9.09. The molecule has 0 bridgehead atoms. The van der Waals surface area contributed by atoms with Crippen molar-refractivity contribution in [1.82, 2.24) is 15.0 Å². The highest BCUT2D eigenvalue weighted by Gasteiger charge is 2.12. The Balaban J connectivity index is 0.00000151. The van der Waals surface area contributed by atoms with E-state index in [-0.39, 0.29) is 0 Å². The Hall–Kier alpha value is -3.11. The molecular formula is C27H30BrN3. The van der Waals surface area contributed by atoms with E-state index < -0.39 is 0 Å². The number of aromatic nitrogens is 3. The van der Waals surface area contributed by atoms with E-state index in [1.807, 2.05) is 49.4 Å². The Bertz CT molecular complexity index is 983. The molecule has 3 nitrogen and oxygen atoms in total. The van der Waals surface area contributed by atoms with Crippen LogP contribution < -0.4 is 0 Å². The van der Waals surface area contributed by atoms with Crippen molar-refractivity contribution in [2.75, 3.05) is 5.33 Å². The number of halogens is 1. The molecule has 0 amide bonds. The number of benzene rings is 1. The minimum absolute atomic E-state index is 0.546. The van der Waals surface area contributed by atoms with Gasteiger partial charge in [-0.2, -0.15) is 0 Å². The van der Waals surface area contributed by atoms with Gasteiger partial charge in [0.05, 0.1) is 0 Å². The van der Waals surface area contributed by atoms with Gasteiger partial charge in [-0.15, -0.1) is 6.58 Å². The maximum Gasteiger partial charge on any atom is 0.164 e. The molecule has 0 aliphatic carbocycles. The van der Waals surface area contributed by atoms with Crippen LogP contribution >= 0.6 is 15.9 Å². The SMILES string of the molecule is C=C/C=C(\C=C)c1nc(C(=C)/C=C(\C)C/C=C\CBr)nc(-c2ccccc2)n1.C=CC. The van der Waals surface area contributed by atoms with Crippen LogP contribution in [0.3, 0.4) is 0 Å². The quantitative estimate of drug-likeness (QED) is 0.211. The monoisotopic (exact) mass is 475 g/mol. The Morgan fingerprint density at radius 3 is 2.23 bits per heavy atom. The minimum Gasteiger partial charge on any atom is -0.208 e. The fourth-order valence-corrected chi connectivity index (χ4v) is 2.74. The summed E-state index contributed by atoms with van der Waals surface area (Å²) >= 11 is 3.39. The fourth-order valence-electron chi connectivity index (χ4n) is 2.48. The third kappa shape index (κ3) is 9.06. The zero-order valence-corrected chi connectivity index (χ0v) is 20.0. The lowest BCUT2D eigenvalue weighted by Gasteiger charge is -2.09. The molecule has 1 heterocycles. The van der Waals surface area contributed by atoms with E-state index in [0.29, 0.717) is 17.5 Å². The van der Waals surface area contributed by atoms with Crippen LogP contribution in [0.1, 0.15) is 31.9 Å². The van der Waals surface area contributed by atoms with Gasteiger partial charge in [-0.25, -0.2) is 15.0 Å². The van der Waals surface area contributed by atoms with Gasteiger partial charge in [-0.1, -0.05) is 114 Å². The highest BCUT2D eigenvalue weighted by Crippen LogP contribution is 2.22. The van der Waals surface area contributed by atoms with E-state index in [1.54, 1.807) is 18.2 Å². The summed E-state index contributed by atoms with van der Waals surface area (Å²) in [7, 11) is 0. The Kier molecular flexibility index (Phi) is 12.4. The predicted molar refractivity (Wildman–Crippen MR) is 140 cm³/mol. The third-order valence-corrected chi connectivity index (χ3v) is 4.22. The second kappa shape index (κ2) is 14.8. The summed E-state index contributed by atoms with van der Waals surface area (Å²) in [6.07, 6.45) is 14.0. The Labute approximate surface area is 195 Å². The lowest BCUT2D eigenvalue weighted by Crippen LogP contribution is -2.04. The van der Waals surface area contributed by atoms with Gasteiger partial charge in [0, 0.05) is 22.0 Å². The molecule has 0 spiro atoms. The van der Waals surface area contributed by atoms with Gasteiger partial charge in [0.2, 0.25) is 0 Å². The van der Waals surface area contributed by atoms with Crippen LogP contribution in [0.15, 0.2) is 105 Å². The number of rotatable bonds is 9. The van der Waals surface area contributed by atoms with Crippen LogP contribution in [0.25, 0.3) is 22.5 Å². The summed E-state index contributed by atoms with van der Waals surface area (Å²) < 4.78 is 0. The number of allylic oxidation sites excluding steroid dienone is 10. The maximum atomic E-state index is 4.65. The van der Waals surface area contributed by atoms with Gasteiger partial charge in [0.15, 0.2) is 17.5 Å². The smallest absolute Gasteiger partial charge is 0.164 e. The molecular weight excluding hydrogens is 446 g/mol. The molecule has 0 aliphatic heterocycles. The average molecular weight is 476 g/mol. The minimum atomic E-state index is 0.546. The van der Waals surface area contributed by atoms with Gasteiger partial charge >= 0.3 is 0 Å². The number of alkyl halides is 1. The predicted octanol–water partition coefficient (Wildman–Crippen LogP) is 7.79. The van der Waals surface area contributed by atoms with Crippen molar-refractivity contribution in [2.45, 2.75) is 20.3 Å². The van der Waals surface area contributed by atoms with Crippen LogP contribution in [0, 0.1) is 0 Å². The molecule has 2 rings (SSSR count). The summed E-state index contributed by atoms with van der Waals surface area (Å²) in [5.74, 6) is 1.69. The molecule has 2 aromatic rings. The molecule has 4 heteroatoms. The molecule has 1 aromatic carbocycles. The first kappa shape index (κ1) is 25.9. The van der Waals surface area contributed by atoms with E-state index in [2.05, 4.69) is 76.3 Å². The molecule has 1 aromatic heterocycles. The number of hydrogen-bond donors (Lipinski definition) is 0. The van der Waals surface area contributed by atoms with Crippen molar-refractivity contribution >= 4 is 27.1 Å². The second-order valence-electron chi connectivity index (χ2n) is 6.49. The first-order valence-corrected chi connectivity index (χ1v) is 11.0. The molecule has 0 saturated carbocycles. The van der Waals surface area contributed by atoms with E-state index >= 15 is 0 Å². The first-order chi connectivity index (χ1) is 15.0. The van der Waals surface area contributed by atoms with E-state index in [1.165, 1.54) is 5.57 Å². The lowest BCUT2D eigenvalue weighted by molar-refractivity contribution is 1.00. The van der Waals surface area contributed by atoms with Crippen molar-refractivity contribution in [3.63, 3.8) is 0 Å². The lowest BCUT2D eigenvalue weighted by atomic mass is 10.1.